The van der Waals surface area contributed by atoms with E-state index < -0.39 is 18.0 Å². The highest BCUT2D eigenvalue weighted by molar-refractivity contribution is 5.96. The number of aryl methyl sites for hydroxylation is 1. The van der Waals surface area contributed by atoms with Crippen molar-refractivity contribution in [2.45, 2.75) is 18.9 Å². The van der Waals surface area contributed by atoms with Gasteiger partial charge in [-0.2, -0.15) is 0 Å². The number of hydrogen-bond acceptors (Lipinski definition) is 5. The van der Waals surface area contributed by atoms with E-state index in [1.165, 1.54) is 0 Å². The third kappa shape index (κ3) is 3.70. The molecule has 0 radical (unpaired) electrons. The van der Waals surface area contributed by atoms with E-state index in [1.807, 2.05) is 36.4 Å². The Morgan fingerprint density at radius 3 is 2.81 bits per heavy atom. The molecule has 1 heterocycles. The maximum absolute atomic E-state index is 12.4. The molecule has 2 aromatic rings. The lowest BCUT2D eigenvalue weighted by Gasteiger charge is -2.16. The van der Waals surface area contributed by atoms with Gasteiger partial charge in [-0.3, -0.25) is 4.79 Å². The minimum atomic E-state index is -0.933. The molecule has 1 atom stereocenters. The minimum absolute atomic E-state index is 0.168. The monoisotopic (exact) mass is 354 g/mol. The highest BCUT2D eigenvalue weighted by Gasteiger charge is 2.32. The van der Waals surface area contributed by atoms with Gasteiger partial charge in [-0.25, -0.2) is 9.69 Å². The molecule has 0 unspecified atom stereocenters. The number of benzene rings is 2. The summed E-state index contributed by atoms with van der Waals surface area (Å²) in [5.74, 6) is 0.271. The van der Waals surface area contributed by atoms with E-state index in [1.54, 1.807) is 7.11 Å². The Hall–Kier alpha value is -3.25. The number of nitrogens with zero attached hydrogens (tertiary/aromatic N) is 4. The van der Waals surface area contributed by atoms with E-state index in [9.17, 15) is 9.59 Å². The summed E-state index contributed by atoms with van der Waals surface area (Å²) in [5.41, 5.74) is 9.75. The summed E-state index contributed by atoms with van der Waals surface area (Å²) < 4.78 is 9.98. The third-order valence-corrected chi connectivity index (χ3v) is 4.32. The number of rotatable bonds is 6. The van der Waals surface area contributed by atoms with Crippen LogP contribution in [0.25, 0.3) is 21.2 Å². The van der Waals surface area contributed by atoms with Gasteiger partial charge >= 0.3 is 6.09 Å². The van der Waals surface area contributed by atoms with Crippen LogP contribution in [0.3, 0.4) is 0 Å². The number of imide groups is 1. The van der Waals surface area contributed by atoms with Gasteiger partial charge in [-0.05, 0) is 46.8 Å². The fraction of sp³-hybridized carbons (Fsp3) is 0.333. The van der Waals surface area contributed by atoms with Crippen LogP contribution in [0.1, 0.15) is 12.0 Å². The summed E-state index contributed by atoms with van der Waals surface area (Å²) in [6.45, 7) is 0.356. The van der Waals surface area contributed by atoms with Crippen molar-refractivity contribution in [3.63, 3.8) is 0 Å². The zero-order valence-electron chi connectivity index (χ0n) is 14.3. The van der Waals surface area contributed by atoms with Crippen LogP contribution in [0.15, 0.2) is 41.5 Å². The third-order valence-electron chi connectivity index (χ3n) is 4.32. The predicted octanol–water partition coefficient (Wildman–Crippen LogP) is 3.44. The van der Waals surface area contributed by atoms with Crippen LogP contribution >= 0.6 is 0 Å². The van der Waals surface area contributed by atoms with Crippen LogP contribution < -0.4 is 4.74 Å². The molecule has 8 heteroatoms. The quantitative estimate of drug-likeness (QED) is 0.450. The minimum Gasteiger partial charge on any atom is -0.497 e. The van der Waals surface area contributed by atoms with Crippen LogP contribution in [-0.2, 0) is 16.0 Å². The standard InChI is InChI=1S/C18H18N4O4/c1-25-15-6-5-13-10-12(2-4-14(13)11-15)3-7-16(20-21-19)17(23)22-8-9-26-18(22)24/h2,4-6,10-11,16H,3,7-9H2,1H3/t16-/m0/s1. The SMILES string of the molecule is COc1ccc2cc(CC[C@H](N=[N+]=[N-])C(=O)N3CCOC3=O)ccc2c1. The number of ether oxygens (including phenoxy) is 2. The van der Waals surface area contributed by atoms with Gasteiger partial charge in [0.2, 0.25) is 5.91 Å². The molecule has 1 aliphatic heterocycles. The van der Waals surface area contributed by atoms with Gasteiger partial charge in [-0.15, -0.1) is 0 Å². The zero-order valence-corrected chi connectivity index (χ0v) is 14.3. The normalized spacial score (nSPS) is 14.7. The molecule has 0 spiro atoms. The molecule has 0 saturated carbocycles. The van der Waals surface area contributed by atoms with Crippen LogP contribution in [0.2, 0.25) is 0 Å². The molecule has 2 aromatic carbocycles. The number of carbonyl (C=O) groups excluding carboxylic acids is 2. The van der Waals surface area contributed by atoms with Crippen molar-refractivity contribution in [3.8, 4) is 5.75 Å². The molecule has 8 nitrogen and oxygen atoms in total. The smallest absolute Gasteiger partial charge is 0.416 e. The lowest BCUT2D eigenvalue weighted by atomic mass is 10.0. The Morgan fingerprint density at radius 1 is 1.35 bits per heavy atom. The van der Waals surface area contributed by atoms with Gasteiger partial charge in [0.25, 0.3) is 0 Å². The predicted molar refractivity (Wildman–Crippen MR) is 94.8 cm³/mol. The molecular formula is C18H18N4O4. The molecule has 0 bridgehead atoms. The Bertz CT molecular complexity index is 892. The Kier molecular flexibility index (Phi) is 5.24. The second-order valence-corrected chi connectivity index (χ2v) is 5.91. The molecular weight excluding hydrogens is 336 g/mol. The van der Waals surface area contributed by atoms with Gasteiger partial charge in [0.05, 0.1) is 13.7 Å². The summed E-state index contributed by atoms with van der Waals surface area (Å²) in [4.78, 5) is 27.7. The van der Waals surface area contributed by atoms with E-state index in [-0.39, 0.29) is 13.2 Å². The highest BCUT2D eigenvalue weighted by atomic mass is 16.6. The van der Waals surface area contributed by atoms with Crippen molar-refractivity contribution in [1.29, 1.82) is 0 Å². The lowest BCUT2D eigenvalue weighted by Crippen LogP contribution is -2.39. The van der Waals surface area contributed by atoms with Gasteiger partial charge in [0.15, 0.2) is 0 Å². The van der Waals surface area contributed by atoms with Crippen molar-refractivity contribution in [2.75, 3.05) is 20.3 Å². The molecule has 3 rings (SSSR count). The summed E-state index contributed by atoms with van der Waals surface area (Å²) in [5, 5.41) is 5.67. The molecule has 134 valence electrons. The number of carbonyl (C=O) groups is 2. The first-order valence-corrected chi connectivity index (χ1v) is 8.21. The molecule has 1 fully saturated rings. The average Bonchev–Trinajstić information content (AvgIpc) is 3.09. The van der Waals surface area contributed by atoms with Gasteiger partial charge in [0, 0.05) is 4.91 Å². The molecule has 0 aliphatic carbocycles. The number of methoxy groups -OCH3 is 1. The van der Waals surface area contributed by atoms with Gasteiger partial charge in [0.1, 0.15) is 18.4 Å². The van der Waals surface area contributed by atoms with Crippen molar-refractivity contribution >= 4 is 22.8 Å². The Labute approximate surface area is 149 Å². The van der Waals surface area contributed by atoms with Crippen molar-refractivity contribution in [3.05, 3.63) is 52.4 Å². The van der Waals surface area contributed by atoms with E-state index in [0.717, 1.165) is 27.0 Å². The topological polar surface area (TPSA) is 105 Å². The molecule has 26 heavy (non-hydrogen) atoms. The van der Waals surface area contributed by atoms with Crippen LogP contribution in [-0.4, -0.2) is 43.2 Å². The second-order valence-electron chi connectivity index (χ2n) is 5.91. The first-order chi connectivity index (χ1) is 12.6. The van der Waals surface area contributed by atoms with Crippen molar-refractivity contribution in [2.24, 2.45) is 5.11 Å². The number of cyclic esters (lactones) is 1. The first kappa shape index (κ1) is 17.6. The summed E-state index contributed by atoms with van der Waals surface area (Å²) in [7, 11) is 1.62. The highest BCUT2D eigenvalue weighted by Crippen LogP contribution is 2.23. The van der Waals surface area contributed by atoms with Crippen molar-refractivity contribution < 1.29 is 19.1 Å². The number of fused-ring (bicyclic) bond motifs is 1. The van der Waals surface area contributed by atoms with Gasteiger partial charge < -0.3 is 9.47 Å². The molecule has 1 saturated heterocycles. The van der Waals surface area contributed by atoms with E-state index >= 15 is 0 Å². The lowest BCUT2D eigenvalue weighted by molar-refractivity contribution is -0.129. The Balaban J connectivity index is 1.72. The fourth-order valence-corrected chi connectivity index (χ4v) is 2.93. The van der Waals surface area contributed by atoms with E-state index in [2.05, 4.69) is 10.0 Å². The maximum atomic E-state index is 12.4. The Morgan fingerprint density at radius 2 is 2.12 bits per heavy atom. The average molecular weight is 354 g/mol. The number of azide groups is 1. The fourth-order valence-electron chi connectivity index (χ4n) is 2.93. The van der Waals surface area contributed by atoms with E-state index in [4.69, 9.17) is 15.0 Å². The summed E-state index contributed by atoms with van der Waals surface area (Å²) >= 11 is 0. The largest absolute Gasteiger partial charge is 0.497 e. The maximum Gasteiger partial charge on any atom is 0.416 e. The van der Waals surface area contributed by atoms with Crippen molar-refractivity contribution in [1.82, 2.24) is 4.90 Å². The zero-order chi connectivity index (χ0) is 18.5. The van der Waals surface area contributed by atoms with E-state index in [0.29, 0.717) is 12.8 Å². The summed E-state index contributed by atoms with van der Waals surface area (Å²) in [6.07, 6.45) is 0.169. The molecule has 0 aromatic heterocycles. The first-order valence-electron chi connectivity index (χ1n) is 8.21. The second kappa shape index (κ2) is 7.76. The summed E-state index contributed by atoms with van der Waals surface area (Å²) in [6, 6.07) is 10.8. The van der Waals surface area contributed by atoms with Crippen LogP contribution in [0.5, 0.6) is 5.75 Å². The molecule has 2 amide bonds. The van der Waals surface area contributed by atoms with Gasteiger partial charge in [-0.1, -0.05) is 29.4 Å². The van der Waals surface area contributed by atoms with Crippen LogP contribution in [0.4, 0.5) is 4.79 Å². The molecule has 0 N–H and O–H groups in total. The number of amides is 2. The molecule has 1 aliphatic rings. The van der Waals surface area contributed by atoms with Crippen LogP contribution in [0, 0.1) is 0 Å². The number of hydrogen-bond donors (Lipinski definition) is 0.